The summed E-state index contributed by atoms with van der Waals surface area (Å²) in [6.07, 6.45) is 1.93. The molecule has 2 aromatic carbocycles. The van der Waals surface area contributed by atoms with Crippen molar-refractivity contribution in [2.75, 3.05) is 10.6 Å². The molecule has 0 atom stereocenters. The van der Waals surface area contributed by atoms with Gasteiger partial charge in [-0.1, -0.05) is 6.07 Å². The number of fused-ring (bicyclic) bond motifs is 1. The van der Waals surface area contributed by atoms with E-state index in [0.717, 1.165) is 29.7 Å². The third-order valence-electron chi connectivity index (χ3n) is 4.22. The minimum absolute atomic E-state index is 0.0166. The molecule has 2 amide bonds. The molecule has 0 saturated carbocycles. The monoisotopic (exact) mass is 338 g/mol. The SMILES string of the molecule is Cc1ccc(C(=O)O)cc1NC(=O)c1ccc2c(c1)CCCC(=O)N2. The molecule has 0 fully saturated rings. The molecule has 128 valence electrons. The van der Waals surface area contributed by atoms with Crippen LogP contribution in [0.5, 0.6) is 0 Å². The number of rotatable bonds is 3. The van der Waals surface area contributed by atoms with E-state index in [4.69, 9.17) is 5.11 Å². The highest BCUT2D eigenvalue weighted by Crippen LogP contribution is 2.24. The van der Waals surface area contributed by atoms with E-state index >= 15 is 0 Å². The quantitative estimate of drug-likeness (QED) is 0.801. The van der Waals surface area contributed by atoms with Crippen LogP contribution in [-0.2, 0) is 11.2 Å². The largest absolute Gasteiger partial charge is 0.478 e. The van der Waals surface area contributed by atoms with Crippen LogP contribution in [0.2, 0.25) is 0 Å². The molecule has 6 nitrogen and oxygen atoms in total. The van der Waals surface area contributed by atoms with Gasteiger partial charge in [0.25, 0.3) is 5.91 Å². The van der Waals surface area contributed by atoms with Crippen LogP contribution in [0.25, 0.3) is 0 Å². The molecule has 3 rings (SSSR count). The summed E-state index contributed by atoms with van der Waals surface area (Å²) in [6, 6.07) is 9.75. The Balaban J connectivity index is 1.85. The number of aryl methyl sites for hydroxylation is 2. The van der Waals surface area contributed by atoms with Gasteiger partial charge in [-0.25, -0.2) is 4.79 Å². The van der Waals surface area contributed by atoms with E-state index in [-0.39, 0.29) is 17.4 Å². The number of carboxylic acid groups (broad SMARTS) is 1. The summed E-state index contributed by atoms with van der Waals surface area (Å²) in [7, 11) is 0. The zero-order valence-corrected chi connectivity index (χ0v) is 13.8. The van der Waals surface area contributed by atoms with Crippen molar-refractivity contribution < 1.29 is 19.5 Å². The van der Waals surface area contributed by atoms with Gasteiger partial charge in [0.05, 0.1) is 5.56 Å². The molecular weight excluding hydrogens is 320 g/mol. The fourth-order valence-electron chi connectivity index (χ4n) is 2.80. The molecule has 2 aromatic rings. The van der Waals surface area contributed by atoms with Crippen molar-refractivity contribution >= 4 is 29.2 Å². The maximum Gasteiger partial charge on any atom is 0.335 e. The second-order valence-corrected chi connectivity index (χ2v) is 6.06. The maximum atomic E-state index is 12.5. The van der Waals surface area contributed by atoms with Crippen molar-refractivity contribution in [2.24, 2.45) is 0 Å². The van der Waals surface area contributed by atoms with E-state index in [1.807, 2.05) is 0 Å². The first-order chi connectivity index (χ1) is 11.9. The lowest BCUT2D eigenvalue weighted by atomic mass is 10.0. The summed E-state index contributed by atoms with van der Waals surface area (Å²) < 4.78 is 0. The molecule has 0 saturated heterocycles. The van der Waals surface area contributed by atoms with Gasteiger partial charge in [0, 0.05) is 23.4 Å². The number of aromatic carboxylic acids is 1. The molecule has 6 heteroatoms. The van der Waals surface area contributed by atoms with E-state index in [1.54, 1.807) is 31.2 Å². The highest BCUT2D eigenvalue weighted by Gasteiger charge is 2.16. The van der Waals surface area contributed by atoms with Crippen LogP contribution < -0.4 is 10.6 Å². The topological polar surface area (TPSA) is 95.5 Å². The van der Waals surface area contributed by atoms with Crippen LogP contribution >= 0.6 is 0 Å². The summed E-state index contributed by atoms with van der Waals surface area (Å²) in [5.41, 5.74) is 3.49. The summed E-state index contributed by atoms with van der Waals surface area (Å²) in [5.74, 6) is -1.38. The lowest BCUT2D eigenvalue weighted by Crippen LogP contribution is -2.14. The Labute approximate surface area is 144 Å². The first kappa shape index (κ1) is 16.7. The Bertz CT molecular complexity index is 874. The number of anilines is 2. The van der Waals surface area contributed by atoms with Crippen molar-refractivity contribution in [2.45, 2.75) is 26.2 Å². The Morgan fingerprint density at radius 2 is 1.84 bits per heavy atom. The fourth-order valence-corrected chi connectivity index (χ4v) is 2.80. The standard InChI is InChI=1S/C19H18N2O4/c1-11-5-6-14(19(24)25)10-16(11)21-18(23)13-7-8-15-12(9-13)3-2-4-17(22)20-15/h5-10H,2-4H2,1H3,(H,20,22)(H,21,23)(H,24,25). The lowest BCUT2D eigenvalue weighted by Gasteiger charge is -2.12. The zero-order valence-electron chi connectivity index (χ0n) is 13.8. The van der Waals surface area contributed by atoms with Crippen LogP contribution in [0.1, 0.15) is 44.7 Å². The molecule has 1 heterocycles. The van der Waals surface area contributed by atoms with E-state index in [2.05, 4.69) is 10.6 Å². The second kappa shape index (κ2) is 6.76. The lowest BCUT2D eigenvalue weighted by molar-refractivity contribution is -0.116. The van der Waals surface area contributed by atoms with Crippen LogP contribution in [0.15, 0.2) is 36.4 Å². The van der Waals surface area contributed by atoms with Crippen LogP contribution in [-0.4, -0.2) is 22.9 Å². The third-order valence-corrected chi connectivity index (χ3v) is 4.22. The smallest absolute Gasteiger partial charge is 0.335 e. The number of hydrogen-bond donors (Lipinski definition) is 3. The van der Waals surface area contributed by atoms with Gasteiger partial charge in [0.1, 0.15) is 0 Å². The molecular formula is C19H18N2O4. The van der Waals surface area contributed by atoms with Gasteiger partial charge in [0.2, 0.25) is 5.91 Å². The molecule has 3 N–H and O–H groups in total. The van der Waals surface area contributed by atoms with Crippen molar-refractivity contribution in [3.05, 3.63) is 58.7 Å². The molecule has 1 aliphatic heterocycles. The minimum Gasteiger partial charge on any atom is -0.478 e. The molecule has 25 heavy (non-hydrogen) atoms. The Morgan fingerprint density at radius 3 is 2.60 bits per heavy atom. The second-order valence-electron chi connectivity index (χ2n) is 6.06. The van der Waals surface area contributed by atoms with Gasteiger partial charge in [0.15, 0.2) is 0 Å². The normalized spacial score (nSPS) is 13.4. The molecule has 0 radical (unpaired) electrons. The molecule has 1 aliphatic rings. The number of carbonyl (C=O) groups is 3. The van der Waals surface area contributed by atoms with E-state index < -0.39 is 5.97 Å². The summed E-state index contributed by atoms with van der Waals surface area (Å²) >= 11 is 0. The molecule has 0 spiro atoms. The van der Waals surface area contributed by atoms with Crippen LogP contribution in [0.3, 0.4) is 0 Å². The van der Waals surface area contributed by atoms with Gasteiger partial charge < -0.3 is 15.7 Å². The van der Waals surface area contributed by atoms with Gasteiger partial charge in [-0.3, -0.25) is 9.59 Å². The summed E-state index contributed by atoms with van der Waals surface area (Å²) in [5, 5.41) is 14.7. The van der Waals surface area contributed by atoms with Gasteiger partial charge in [-0.15, -0.1) is 0 Å². The molecule has 0 bridgehead atoms. The van der Waals surface area contributed by atoms with Crippen molar-refractivity contribution in [3.8, 4) is 0 Å². The molecule has 0 aliphatic carbocycles. The Kier molecular flexibility index (Phi) is 4.52. The van der Waals surface area contributed by atoms with Gasteiger partial charge in [-0.05, 0) is 61.2 Å². The Hall–Kier alpha value is -3.15. The highest BCUT2D eigenvalue weighted by molar-refractivity contribution is 6.06. The number of hydrogen-bond acceptors (Lipinski definition) is 3. The molecule has 0 unspecified atom stereocenters. The zero-order chi connectivity index (χ0) is 18.0. The Morgan fingerprint density at radius 1 is 1.08 bits per heavy atom. The number of benzene rings is 2. The number of carbonyl (C=O) groups excluding carboxylic acids is 2. The average Bonchev–Trinajstić information content (AvgIpc) is 2.76. The highest BCUT2D eigenvalue weighted by atomic mass is 16.4. The van der Waals surface area contributed by atoms with Gasteiger partial charge >= 0.3 is 5.97 Å². The van der Waals surface area contributed by atoms with Crippen LogP contribution in [0.4, 0.5) is 11.4 Å². The summed E-state index contributed by atoms with van der Waals surface area (Å²) in [4.78, 5) is 35.2. The fraction of sp³-hybridized carbons (Fsp3) is 0.211. The first-order valence-electron chi connectivity index (χ1n) is 8.02. The average molecular weight is 338 g/mol. The number of carboxylic acids is 1. The predicted molar refractivity (Wildman–Crippen MR) is 94.1 cm³/mol. The van der Waals surface area contributed by atoms with E-state index in [9.17, 15) is 14.4 Å². The predicted octanol–water partition coefficient (Wildman–Crippen LogP) is 3.22. The third kappa shape index (κ3) is 3.68. The van der Waals surface area contributed by atoms with Crippen LogP contribution in [0, 0.1) is 6.92 Å². The van der Waals surface area contributed by atoms with Gasteiger partial charge in [-0.2, -0.15) is 0 Å². The van der Waals surface area contributed by atoms with E-state index in [1.165, 1.54) is 12.1 Å². The minimum atomic E-state index is -1.05. The van der Waals surface area contributed by atoms with Crippen molar-refractivity contribution in [3.63, 3.8) is 0 Å². The molecule has 0 aromatic heterocycles. The number of nitrogens with one attached hydrogen (secondary N) is 2. The van der Waals surface area contributed by atoms with Crippen molar-refractivity contribution in [1.29, 1.82) is 0 Å². The summed E-state index contributed by atoms with van der Waals surface area (Å²) in [6.45, 7) is 1.80. The van der Waals surface area contributed by atoms with E-state index in [0.29, 0.717) is 17.7 Å². The first-order valence-corrected chi connectivity index (χ1v) is 8.02. The number of amides is 2. The van der Waals surface area contributed by atoms with Crippen molar-refractivity contribution in [1.82, 2.24) is 0 Å². The maximum absolute atomic E-state index is 12.5.